The number of rotatable bonds is 9. The van der Waals surface area contributed by atoms with E-state index in [1.807, 2.05) is 49.4 Å². The van der Waals surface area contributed by atoms with Crippen LogP contribution in [0.3, 0.4) is 0 Å². The van der Waals surface area contributed by atoms with Gasteiger partial charge in [0.15, 0.2) is 6.61 Å². The normalized spacial score (nSPS) is 20.2. The number of benzene rings is 3. The lowest BCUT2D eigenvalue weighted by Gasteiger charge is -2.29. The van der Waals surface area contributed by atoms with Gasteiger partial charge in [-0.25, -0.2) is 13.4 Å². The molecular formula is C34H35Cl2N3O6S. The highest BCUT2D eigenvalue weighted by atomic mass is 35.5. The van der Waals surface area contributed by atoms with Crippen molar-refractivity contribution in [2.45, 2.75) is 63.1 Å². The highest BCUT2D eigenvalue weighted by Crippen LogP contribution is 2.44. The summed E-state index contributed by atoms with van der Waals surface area (Å²) in [6.07, 6.45) is 3.06. The van der Waals surface area contributed by atoms with Crippen molar-refractivity contribution in [3.05, 3.63) is 105 Å². The van der Waals surface area contributed by atoms with Crippen LogP contribution in [0.4, 0.5) is 0 Å². The highest BCUT2D eigenvalue weighted by molar-refractivity contribution is 7.89. The van der Waals surface area contributed by atoms with E-state index in [2.05, 4.69) is 4.72 Å². The number of ether oxygens (including phenoxy) is 1. The fourth-order valence-electron chi connectivity index (χ4n) is 5.71. The second kappa shape index (κ2) is 14.1. The molecule has 1 aliphatic heterocycles. The summed E-state index contributed by atoms with van der Waals surface area (Å²) in [6.45, 7) is 4.17. The Hall–Kier alpha value is -3.54. The first-order valence-corrected chi connectivity index (χ1v) is 17.1. The lowest BCUT2D eigenvalue weighted by molar-refractivity contribution is -0.156. The average Bonchev–Trinajstić information content (AvgIpc) is 3.42. The van der Waals surface area contributed by atoms with Crippen molar-refractivity contribution >= 4 is 56.9 Å². The summed E-state index contributed by atoms with van der Waals surface area (Å²) >= 11 is 12.2. The zero-order valence-electron chi connectivity index (χ0n) is 25.6. The zero-order chi connectivity index (χ0) is 33.2. The molecule has 242 valence electrons. The molecule has 46 heavy (non-hydrogen) atoms. The molecule has 1 heterocycles. The molecule has 0 radical (unpaired) electrons. The third-order valence-corrected chi connectivity index (χ3v) is 10.3. The van der Waals surface area contributed by atoms with Gasteiger partial charge in [0.05, 0.1) is 22.8 Å². The van der Waals surface area contributed by atoms with Crippen molar-refractivity contribution in [3.8, 4) is 0 Å². The molecule has 0 aromatic heterocycles. The maximum absolute atomic E-state index is 13.7. The Labute approximate surface area is 278 Å². The molecule has 1 amide bonds. The van der Waals surface area contributed by atoms with Gasteiger partial charge in [-0.3, -0.25) is 9.59 Å². The Bertz CT molecular complexity index is 1790. The number of fused-ring (bicyclic) bond motifs is 1. The molecule has 0 spiro atoms. The number of hydrogen-bond acceptors (Lipinski definition) is 7. The molecule has 9 nitrogen and oxygen atoms in total. The third kappa shape index (κ3) is 7.53. The number of amides is 1. The number of allylic oxidation sites excluding steroid dienone is 1. The SMILES string of the molecule is Cc1ccc(S(=O)(=O)N[C@H](C(=O)OCC(=O)N2N=C3/C(=C\c4ccc(Cl)cc4)CCC[C@@H]3[C@H]2c2ccc(Cl)cc2)[C@@H](C)O)cc1C. The fourth-order valence-corrected chi connectivity index (χ4v) is 7.30. The summed E-state index contributed by atoms with van der Waals surface area (Å²) < 4.78 is 33.7. The number of hydrazone groups is 1. The van der Waals surface area contributed by atoms with E-state index in [0.717, 1.165) is 52.8 Å². The molecular weight excluding hydrogens is 649 g/mol. The lowest BCUT2D eigenvalue weighted by Crippen LogP contribution is -2.49. The van der Waals surface area contributed by atoms with Crippen molar-refractivity contribution in [2.75, 3.05) is 6.61 Å². The van der Waals surface area contributed by atoms with E-state index < -0.39 is 46.7 Å². The first-order valence-electron chi connectivity index (χ1n) is 14.9. The van der Waals surface area contributed by atoms with Crippen molar-refractivity contribution < 1.29 is 27.9 Å². The van der Waals surface area contributed by atoms with E-state index in [1.54, 1.807) is 25.1 Å². The number of esters is 1. The monoisotopic (exact) mass is 683 g/mol. The number of carbonyl (C=O) groups excluding carboxylic acids is 2. The molecule has 4 atom stereocenters. The highest BCUT2D eigenvalue weighted by Gasteiger charge is 2.44. The minimum Gasteiger partial charge on any atom is -0.454 e. The fraction of sp³-hybridized carbons (Fsp3) is 0.324. The number of hydrogen-bond donors (Lipinski definition) is 2. The van der Waals surface area contributed by atoms with E-state index >= 15 is 0 Å². The Kier molecular flexibility index (Phi) is 10.3. The van der Waals surface area contributed by atoms with Gasteiger partial charge in [-0.05, 0) is 110 Å². The van der Waals surface area contributed by atoms with Crippen LogP contribution >= 0.6 is 23.2 Å². The van der Waals surface area contributed by atoms with E-state index in [4.69, 9.17) is 33.0 Å². The van der Waals surface area contributed by atoms with Gasteiger partial charge in [0.1, 0.15) is 6.04 Å². The van der Waals surface area contributed by atoms with E-state index in [-0.39, 0.29) is 10.8 Å². The van der Waals surface area contributed by atoms with Gasteiger partial charge in [-0.15, -0.1) is 0 Å². The molecule has 0 bridgehead atoms. The smallest absolute Gasteiger partial charge is 0.327 e. The van der Waals surface area contributed by atoms with Crippen molar-refractivity contribution in [3.63, 3.8) is 0 Å². The van der Waals surface area contributed by atoms with Crippen molar-refractivity contribution in [1.82, 2.24) is 9.73 Å². The minimum atomic E-state index is -4.19. The van der Waals surface area contributed by atoms with Crippen LogP contribution in [0.25, 0.3) is 6.08 Å². The first-order chi connectivity index (χ1) is 21.8. The summed E-state index contributed by atoms with van der Waals surface area (Å²) in [5.41, 5.74) is 5.21. The van der Waals surface area contributed by atoms with Gasteiger partial charge in [0, 0.05) is 16.0 Å². The van der Waals surface area contributed by atoms with Crippen LogP contribution in [-0.2, 0) is 24.3 Å². The van der Waals surface area contributed by atoms with Gasteiger partial charge in [0.25, 0.3) is 5.91 Å². The Balaban J connectivity index is 1.37. The standard InChI is InChI=1S/C34H35Cl2N3O6S/c1-20-7-16-28(17-21(20)2)46(43,44)38-31(22(3)40)34(42)45-19-30(41)39-33(24-10-14-27(36)15-11-24)29-6-4-5-25(32(29)37-39)18-23-8-12-26(35)13-9-23/h7-18,22,29,31,33,38,40H,4-6,19H2,1-3H3/b25-18-/t22-,29+,31+,33-/m1/s1. The summed E-state index contributed by atoms with van der Waals surface area (Å²) in [5, 5.41) is 17.6. The van der Waals surface area contributed by atoms with Crippen LogP contribution in [0.2, 0.25) is 10.0 Å². The van der Waals surface area contributed by atoms with Gasteiger partial charge < -0.3 is 9.84 Å². The number of nitrogens with zero attached hydrogens (tertiary/aromatic N) is 2. The molecule has 2 aliphatic rings. The van der Waals surface area contributed by atoms with E-state index in [0.29, 0.717) is 10.0 Å². The third-order valence-electron chi connectivity index (χ3n) is 8.32. The molecule has 3 aromatic carbocycles. The number of halogens is 2. The number of aliphatic hydroxyl groups excluding tert-OH is 1. The minimum absolute atomic E-state index is 0.0612. The lowest BCUT2D eigenvalue weighted by atomic mass is 9.77. The molecule has 5 rings (SSSR count). The number of aryl methyl sites for hydroxylation is 2. The summed E-state index contributed by atoms with van der Waals surface area (Å²) in [7, 11) is -4.19. The summed E-state index contributed by atoms with van der Waals surface area (Å²) in [4.78, 5) is 26.7. The Morgan fingerprint density at radius 3 is 2.33 bits per heavy atom. The van der Waals surface area contributed by atoms with Crippen LogP contribution in [0, 0.1) is 19.8 Å². The molecule has 0 saturated heterocycles. The Morgan fingerprint density at radius 2 is 1.70 bits per heavy atom. The number of aliphatic hydroxyl groups is 1. The molecule has 1 saturated carbocycles. The van der Waals surface area contributed by atoms with Crippen molar-refractivity contribution in [2.24, 2.45) is 11.0 Å². The summed E-state index contributed by atoms with van der Waals surface area (Å²) in [6, 6.07) is 17.1. The number of nitrogens with one attached hydrogen (secondary N) is 1. The van der Waals surface area contributed by atoms with Gasteiger partial charge in [0.2, 0.25) is 10.0 Å². The van der Waals surface area contributed by atoms with Gasteiger partial charge in [-0.1, -0.05) is 53.5 Å². The Morgan fingerprint density at radius 1 is 1.04 bits per heavy atom. The van der Waals surface area contributed by atoms with Crippen LogP contribution in [0.5, 0.6) is 0 Å². The zero-order valence-corrected chi connectivity index (χ0v) is 27.9. The molecule has 0 unspecified atom stereocenters. The van der Waals surface area contributed by atoms with E-state index in [1.165, 1.54) is 24.1 Å². The average molecular weight is 685 g/mol. The predicted molar refractivity (Wildman–Crippen MR) is 178 cm³/mol. The maximum atomic E-state index is 13.7. The van der Waals surface area contributed by atoms with Crippen molar-refractivity contribution in [1.29, 1.82) is 0 Å². The molecule has 1 fully saturated rings. The number of carbonyl (C=O) groups is 2. The number of sulfonamides is 1. The maximum Gasteiger partial charge on any atom is 0.327 e. The first kappa shape index (κ1) is 33.8. The molecule has 2 N–H and O–H groups in total. The van der Waals surface area contributed by atoms with Gasteiger partial charge in [-0.2, -0.15) is 9.82 Å². The van der Waals surface area contributed by atoms with Crippen LogP contribution in [0.1, 0.15) is 54.5 Å². The molecule has 3 aromatic rings. The van der Waals surface area contributed by atoms with E-state index in [9.17, 15) is 23.1 Å². The second-order valence-corrected chi connectivity index (χ2v) is 14.2. The van der Waals surface area contributed by atoms with Crippen LogP contribution < -0.4 is 4.72 Å². The molecule has 12 heteroatoms. The van der Waals surface area contributed by atoms with Crippen LogP contribution in [0.15, 0.2) is 82.3 Å². The predicted octanol–water partition coefficient (Wildman–Crippen LogP) is 6.00. The summed E-state index contributed by atoms with van der Waals surface area (Å²) in [5.74, 6) is -1.79. The van der Waals surface area contributed by atoms with Crippen LogP contribution in [-0.4, -0.2) is 54.9 Å². The topological polar surface area (TPSA) is 125 Å². The second-order valence-electron chi connectivity index (χ2n) is 11.6. The van der Waals surface area contributed by atoms with Gasteiger partial charge >= 0.3 is 5.97 Å². The quantitative estimate of drug-likeness (QED) is 0.266. The molecule has 1 aliphatic carbocycles. The largest absolute Gasteiger partial charge is 0.454 e.